The lowest BCUT2D eigenvalue weighted by Gasteiger charge is -2.36. The minimum Gasteiger partial charge on any atom is -0.392 e. The molecule has 0 bridgehead atoms. The molecule has 0 aromatic carbocycles. The third kappa shape index (κ3) is 2.56. The van der Waals surface area contributed by atoms with Crippen LogP contribution in [0.5, 0.6) is 0 Å². The van der Waals surface area contributed by atoms with Gasteiger partial charge in [0, 0.05) is 5.92 Å². The standard InChI is InChI=1S/C12H20O4S/c1-3-4-10-6-9-5-8(2)11(13)7-12(9)17(14,15)16-10/h5,8,10-13H,3-4,6-7H2,1-2H3/t8-,10+,11-,12-/m1/s1. The van der Waals surface area contributed by atoms with Crippen molar-refractivity contribution in [2.24, 2.45) is 5.92 Å². The molecule has 0 radical (unpaired) electrons. The molecule has 1 heterocycles. The van der Waals surface area contributed by atoms with Crippen molar-refractivity contribution in [3.8, 4) is 0 Å². The van der Waals surface area contributed by atoms with Crippen LogP contribution in [0.3, 0.4) is 0 Å². The second-order valence-electron chi connectivity index (χ2n) is 5.10. The molecule has 5 heteroatoms. The van der Waals surface area contributed by atoms with Gasteiger partial charge in [0.05, 0.1) is 12.2 Å². The summed E-state index contributed by atoms with van der Waals surface area (Å²) in [6.07, 6.45) is 3.76. The molecule has 4 nitrogen and oxygen atoms in total. The Bertz CT molecular complexity index is 412. The first-order valence-electron chi connectivity index (χ1n) is 6.24. The van der Waals surface area contributed by atoms with Gasteiger partial charge in [-0.2, -0.15) is 8.42 Å². The highest BCUT2D eigenvalue weighted by Gasteiger charge is 2.42. The average molecular weight is 260 g/mol. The molecule has 17 heavy (non-hydrogen) atoms. The van der Waals surface area contributed by atoms with E-state index in [1.807, 2.05) is 19.9 Å². The lowest BCUT2D eigenvalue weighted by molar-refractivity contribution is 0.109. The largest absolute Gasteiger partial charge is 0.392 e. The van der Waals surface area contributed by atoms with Gasteiger partial charge in [0.15, 0.2) is 0 Å². The molecular formula is C12H20O4S. The summed E-state index contributed by atoms with van der Waals surface area (Å²) in [4.78, 5) is 0. The topological polar surface area (TPSA) is 63.6 Å². The molecule has 0 spiro atoms. The lowest BCUT2D eigenvalue weighted by Crippen LogP contribution is -2.42. The SMILES string of the molecule is CCC[C@H]1CC2=C[C@@H](C)[C@H](O)C[C@H]2S(=O)(=O)O1. The summed E-state index contributed by atoms with van der Waals surface area (Å²) in [7, 11) is -3.54. The predicted molar refractivity (Wildman–Crippen MR) is 65.0 cm³/mol. The molecule has 0 saturated carbocycles. The van der Waals surface area contributed by atoms with Gasteiger partial charge >= 0.3 is 0 Å². The number of hydrogen-bond acceptors (Lipinski definition) is 4. The van der Waals surface area contributed by atoms with Crippen LogP contribution >= 0.6 is 0 Å². The normalized spacial score (nSPS) is 40.5. The lowest BCUT2D eigenvalue weighted by atomic mass is 9.86. The molecule has 1 aliphatic heterocycles. The van der Waals surface area contributed by atoms with E-state index in [0.29, 0.717) is 6.42 Å². The van der Waals surface area contributed by atoms with E-state index < -0.39 is 21.5 Å². The maximum absolute atomic E-state index is 12.0. The van der Waals surface area contributed by atoms with Crippen LogP contribution in [0.1, 0.15) is 39.5 Å². The molecule has 1 aliphatic carbocycles. The Labute approximate surface area is 103 Å². The first kappa shape index (κ1) is 13.1. The monoisotopic (exact) mass is 260 g/mol. The van der Waals surface area contributed by atoms with E-state index in [0.717, 1.165) is 18.4 Å². The summed E-state index contributed by atoms with van der Waals surface area (Å²) < 4.78 is 29.1. The van der Waals surface area contributed by atoms with Crippen LogP contribution < -0.4 is 0 Å². The second-order valence-corrected chi connectivity index (χ2v) is 6.84. The Balaban J connectivity index is 2.27. The van der Waals surface area contributed by atoms with Crippen molar-refractivity contribution in [1.29, 1.82) is 0 Å². The summed E-state index contributed by atoms with van der Waals surface area (Å²) >= 11 is 0. The Morgan fingerprint density at radius 1 is 1.53 bits per heavy atom. The molecule has 1 N–H and O–H groups in total. The first-order chi connectivity index (χ1) is 7.94. The fourth-order valence-electron chi connectivity index (χ4n) is 2.67. The molecular weight excluding hydrogens is 240 g/mol. The molecule has 0 amide bonds. The zero-order valence-corrected chi connectivity index (χ0v) is 11.1. The number of aliphatic hydroxyl groups excluding tert-OH is 1. The van der Waals surface area contributed by atoms with Crippen molar-refractivity contribution in [3.05, 3.63) is 11.6 Å². The molecule has 2 rings (SSSR count). The van der Waals surface area contributed by atoms with Crippen LogP contribution in [0.25, 0.3) is 0 Å². The zero-order valence-electron chi connectivity index (χ0n) is 10.3. The van der Waals surface area contributed by atoms with Gasteiger partial charge < -0.3 is 5.11 Å². The highest BCUT2D eigenvalue weighted by molar-refractivity contribution is 7.87. The Hall–Kier alpha value is -0.390. The Morgan fingerprint density at radius 3 is 2.88 bits per heavy atom. The maximum Gasteiger partial charge on any atom is 0.274 e. The zero-order chi connectivity index (χ0) is 12.6. The highest BCUT2D eigenvalue weighted by Crippen LogP contribution is 2.37. The molecule has 98 valence electrons. The summed E-state index contributed by atoms with van der Waals surface area (Å²) in [6.45, 7) is 3.94. The van der Waals surface area contributed by atoms with Crippen LogP contribution in [0.2, 0.25) is 0 Å². The summed E-state index contributed by atoms with van der Waals surface area (Å²) in [5, 5.41) is 9.13. The fraction of sp³-hybridized carbons (Fsp3) is 0.833. The van der Waals surface area contributed by atoms with E-state index in [2.05, 4.69) is 0 Å². The van der Waals surface area contributed by atoms with Gasteiger partial charge in [0.1, 0.15) is 5.25 Å². The van der Waals surface area contributed by atoms with E-state index in [-0.39, 0.29) is 18.4 Å². The maximum atomic E-state index is 12.0. The molecule has 4 atom stereocenters. The van der Waals surface area contributed by atoms with Gasteiger partial charge in [-0.05, 0) is 19.3 Å². The van der Waals surface area contributed by atoms with Crippen LogP contribution in [0, 0.1) is 5.92 Å². The van der Waals surface area contributed by atoms with Gasteiger partial charge in [0.2, 0.25) is 0 Å². The molecule has 1 saturated heterocycles. The van der Waals surface area contributed by atoms with Gasteiger partial charge in [-0.15, -0.1) is 0 Å². The van der Waals surface area contributed by atoms with Crippen LogP contribution in [0.15, 0.2) is 11.6 Å². The van der Waals surface area contributed by atoms with Crippen molar-refractivity contribution in [2.45, 2.75) is 57.0 Å². The first-order valence-corrected chi connectivity index (χ1v) is 7.72. The Kier molecular flexibility index (Phi) is 3.61. The Morgan fingerprint density at radius 2 is 2.24 bits per heavy atom. The van der Waals surface area contributed by atoms with E-state index in [1.54, 1.807) is 0 Å². The van der Waals surface area contributed by atoms with Crippen LogP contribution in [-0.4, -0.2) is 31.0 Å². The second kappa shape index (κ2) is 4.71. The summed E-state index contributed by atoms with van der Waals surface area (Å²) in [5.41, 5.74) is 0.938. The third-order valence-electron chi connectivity index (χ3n) is 3.65. The fourth-order valence-corrected chi connectivity index (χ4v) is 4.33. The minimum atomic E-state index is -3.54. The predicted octanol–water partition coefficient (Wildman–Crippen LogP) is 1.60. The molecule has 0 aromatic heterocycles. The number of aliphatic hydroxyl groups is 1. The smallest absolute Gasteiger partial charge is 0.274 e. The van der Waals surface area contributed by atoms with Crippen molar-refractivity contribution in [2.75, 3.05) is 0 Å². The average Bonchev–Trinajstić information content (AvgIpc) is 2.21. The number of rotatable bonds is 2. The van der Waals surface area contributed by atoms with E-state index >= 15 is 0 Å². The molecule has 0 aromatic rings. The molecule has 1 fully saturated rings. The van der Waals surface area contributed by atoms with Gasteiger partial charge in [-0.25, -0.2) is 0 Å². The van der Waals surface area contributed by atoms with E-state index in [4.69, 9.17) is 4.18 Å². The third-order valence-corrected chi connectivity index (χ3v) is 5.38. The molecule has 0 unspecified atom stereocenters. The van der Waals surface area contributed by atoms with Crippen molar-refractivity contribution in [3.63, 3.8) is 0 Å². The number of hydrogen-bond donors (Lipinski definition) is 1. The van der Waals surface area contributed by atoms with Crippen LogP contribution in [0.4, 0.5) is 0 Å². The van der Waals surface area contributed by atoms with Gasteiger partial charge in [-0.3, -0.25) is 4.18 Å². The van der Waals surface area contributed by atoms with Gasteiger partial charge in [-0.1, -0.05) is 31.9 Å². The summed E-state index contributed by atoms with van der Waals surface area (Å²) in [6, 6.07) is 0. The van der Waals surface area contributed by atoms with E-state index in [1.165, 1.54) is 0 Å². The number of fused-ring (bicyclic) bond motifs is 1. The van der Waals surface area contributed by atoms with Crippen molar-refractivity contribution in [1.82, 2.24) is 0 Å². The van der Waals surface area contributed by atoms with E-state index in [9.17, 15) is 13.5 Å². The summed E-state index contributed by atoms with van der Waals surface area (Å²) in [5.74, 6) is 0.0387. The van der Waals surface area contributed by atoms with Gasteiger partial charge in [0.25, 0.3) is 10.1 Å². The highest BCUT2D eigenvalue weighted by atomic mass is 32.2. The van der Waals surface area contributed by atoms with Crippen molar-refractivity contribution < 1.29 is 17.7 Å². The minimum absolute atomic E-state index is 0.0387. The molecule has 2 aliphatic rings. The van der Waals surface area contributed by atoms with Crippen LogP contribution in [-0.2, 0) is 14.3 Å². The van der Waals surface area contributed by atoms with Crippen molar-refractivity contribution >= 4 is 10.1 Å². The quantitative estimate of drug-likeness (QED) is 0.605.